The summed E-state index contributed by atoms with van der Waals surface area (Å²) in [4.78, 5) is 48.3. The van der Waals surface area contributed by atoms with Crippen molar-refractivity contribution in [1.82, 2.24) is 25.5 Å². The second-order valence-corrected chi connectivity index (χ2v) is 12.7. The molecule has 0 bridgehead atoms. The second-order valence-electron chi connectivity index (χ2n) is 12.7. The predicted octanol–water partition coefficient (Wildman–Crippen LogP) is 5.59. The van der Waals surface area contributed by atoms with Gasteiger partial charge in [0.25, 0.3) is 0 Å². The highest BCUT2D eigenvalue weighted by atomic mass is 16.6. The van der Waals surface area contributed by atoms with Crippen molar-refractivity contribution < 1.29 is 29.0 Å². The number of alkyl carbamates (subject to hydrolysis) is 1. The lowest BCUT2D eigenvalue weighted by molar-refractivity contribution is -0.134. The highest BCUT2D eigenvalue weighted by Crippen LogP contribution is 2.35. The molecule has 0 fully saturated rings. The molecule has 1 atom stereocenters. The van der Waals surface area contributed by atoms with E-state index in [0.717, 1.165) is 11.1 Å². The Bertz CT molecular complexity index is 1770. The molecule has 2 aromatic carbocycles. The van der Waals surface area contributed by atoms with Crippen molar-refractivity contribution >= 4 is 29.7 Å². The van der Waals surface area contributed by atoms with Crippen LogP contribution in [-0.4, -0.2) is 62.8 Å². The van der Waals surface area contributed by atoms with Gasteiger partial charge in [0, 0.05) is 25.2 Å². The number of aryl methyl sites for hydroxylation is 2. The average molecular weight is 669 g/mol. The van der Waals surface area contributed by atoms with E-state index in [9.17, 15) is 24.8 Å². The summed E-state index contributed by atoms with van der Waals surface area (Å²) >= 11 is 0. The average Bonchev–Trinajstić information content (AvgIpc) is 3.04. The molecule has 0 radical (unpaired) electrons. The number of aromatic nitrogens is 2. The molecular formula is C35H40N8O6. The van der Waals surface area contributed by atoms with E-state index in [1.54, 1.807) is 62.1 Å². The monoisotopic (exact) mass is 668 g/mol. The highest BCUT2D eigenvalue weighted by Gasteiger charge is 2.32. The van der Waals surface area contributed by atoms with E-state index in [0.29, 0.717) is 59.6 Å². The number of rotatable bonds is 11. The topological polar surface area (TPSA) is 203 Å². The van der Waals surface area contributed by atoms with Crippen molar-refractivity contribution in [2.24, 2.45) is 0 Å². The molecule has 0 spiro atoms. The number of ether oxygens (including phenoxy) is 2. The number of carbonyl (C=O) groups is 3. The summed E-state index contributed by atoms with van der Waals surface area (Å²) in [6, 6.07) is 13.5. The van der Waals surface area contributed by atoms with Crippen LogP contribution in [0.2, 0.25) is 0 Å². The molecule has 1 aliphatic rings. The number of anilines is 2. The zero-order valence-electron chi connectivity index (χ0n) is 28.2. The van der Waals surface area contributed by atoms with Crippen molar-refractivity contribution in [3.05, 3.63) is 69.9 Å². The van der Waals surface area contributed by atoms with Gasteiger partial charge in [0.2, 0.25) is 17.7 Å². The number of unbranched alkanes of at least 4 members (excludes halogenated alkanes) is 1. The van der Waals surface area contributed by atoms with Gasteiger partial charge in [-0.1, -0.05) is 0 Å². The third kappa shape index (κ3) is 10.0. The first-order valence-corrected chi connectivity index (χ1v) is 15.9. The summed E-state index contributed by atoms with van der Waals surface area (Å²) in [5, 5.41) is 36.3. The van der Waals surface area contributed by atoms with Crippen molar-refractivity contribution in [2.75, 3.05) is 18.4 Å². The van der Waals surface area contributed by atoms with Gasteiger partial charge in [0.15, 0.2) is 0 Å². The van der Waals surface area contributed by atoms with Gasteiger partial charge < -0.3 is 35.4 Å². The molecule has 49 heavy (non-hydrogen) atoms. The normalized spacial score (nSPS) is 12.8. The maximum Gasteiger partial charge on any atom is 0.407 e. The van der Waals surface area contributed by atoms with Gasteiger partial charge in [0.1, 0.15) is 17.4 Å². The van der Waals surface area contributed by atoms with Gasteiger partial charge in [-0.15, -0.1) is 0 Å². The number of fused-ring (bicyclic) bond motifs is 1. The van der Waals surface area contributed by atoms with Crippen LogP contribution in [0.4, 0.5) is 21.2 Å². The molecular weight excluding hydrogens is 628 g/mol. The number of nitrogens with zero attached hydrogens (tertiary/aromatic N) is 5. The number of amides is 3. The van der Waals surface area contributed by atoms with Crippen LogP contribution < -0.4 is 20.7 Å². The van der Waals surface area contributed by atoms with Crippen LogP contribution >= 0.6 is 0 Å². The van der Waals surface area contributed by atoms with Crippen molar-refractivity contribution in [3.8, 4) is 23.8 Å². The van der Waals surface area contributed by atoms with Gasteiger partial charge in [-0.25, -0.2) is 14.6 Å². The Morgan fingerprint density at radius 1 is 1.02 bits per heavy atom. The zero-order valence-corrected chi connectivity index (χ0v) is 28.2. The lowest BCUT2D eigenvalue weighted by atomic mass is 10.0. The van der Waals surface area contributed by atoms with E-state index in [-0.39, 0.29) is 31.3 Å². The molecule has 0 saturated carbocycles. The minimum Gasteiger partial charge on any atom is -0.465 e. The third-order valence-electron chi connectivity index (χ3n) is 7.58. The van der Waals surface area contributed by atoms with Crippen LogP contribution in [0, 0.1) is 36.5 Å². The van der Waals surface area contributed by atoms with Gasteiger partial charge in [-0.2, -0.15) is 15.5 Å². The molecule has 14 nitrogen and oxygen atoms in total. The maximum atomic E-state index is 13.7. The SMILES string of the molecule is Cc1cc(C#N)cc(C)c1Oc1nc(Nc2ccc(C#N)cc2)nc2c1CN(C(=O)[C@H](CCCCNC(=O)OC(C)(C)C)NC(=O)O)CC2. The van der Waals surface area contributed by atoms with E-state index in [1.165, 1.54) is 0 Å². The molecule has 3 aromatic rings. The van der Waals surface area contributed by atoms with Crippen LogP contribution in [0.15, 0.2) is 36.4 Å². The third-order valence-corrected chi connectivity index (χ3v) is 7.58. The highest BCUT2D eigenvalue weighted by molar-refractivity contribution is 5.85. The fraction of sp³-hybridized carbons (Fsp3) is 0.400. The number of hydrogen-bond donors (Lipinski definition) is 4. The Morgan fingerprint density at radius 3 is 2.31 bits per heavy atom. The number of carbonyl (C=O) groups excluding carboxylic acids is 2. The lowest BCUT2D eigenvalue weighted by Gasteiger charge is -2.32. The van der Waals surface area contributed by atoms with E-state index >= 15 is 0 Å². The molecule has 4 rings (SSSR count). The van der Waals surface area contributed by atoms with E-state index in [1.807, 2.05) is 13.8 Å². The van der Waals surface area contributed by atoms with E-state index in [4.69, 9.17) is 19.7 Å². The standard InChI is InChI=1S/C35H40N8O6/c1-21-16-24(19-37)17-22(2)29(21)48-30-26-20-43(15-13-27(26)40-32(42-30)39-25-11-9-23(18-36)10-12-25)31(44)28(41-33(45)46)8-6-7-14-38-34(47)49-35(3,4)5/h9-12,16-17,28,41H,6-8,13-15,20H2,1-5H3,(H,38,47)(H,45,46)(H,39,40,42)/t28-/m0/s1. The predicted molar refractivity (Wildman–Crippen MR) is 179 cm³/mol. The number of nitriles is 2. The Morgan fingerprint density at radius 2 is 1.69 bits per heavy atom. The molecule has 0 saturated heterocycles. The van der Waals surface area contributed by atoms with Gasteiger partial charge in [-0.3, -0.25) is 4.79 Å². The first-order chi connectivity index (χ1) is 23.3. The van der Waals surface area contributed by atoms with Gasteiger partial charge in [-0.05, 0) is 101 Å². The largest absolute Gasteiger partial charge is 0.465 e. The molecule has 0 aliphatic carbocycles. The number of nitrogens with one attached hydrogen (secondary N) is 3. The lowest BCUT2D eigenvalue weighted by Crippen LogP contribution is -2.49. The van der Waals surface area contributed by atoms with Crippen LogP contribution in [0.25, 0.3) is 0 Å². The Balaban J connectivity index is 1.55. The number of hydrogen-bond acceptors (Lipinski definition) is 10. The molecule has 0 unspecified atom stereocenters. The molecule has 1 aromatic heterocycles. The molecule has 2 heterocycles. The molecule has 4 N–H and O–H groups in total. The van der Waals surface area contributed by atoms with Crippen LogP contribution in [0.1, 0.15) is 73.5 Å². The summed E-state index contributed by atoms with van der Waals surface area (Å²) in [7, 11) is 0. The van der Waals surface area contributed by atoms with Crippen LogP contribution in [0.3, 0.4) is 0 Å². The summed E-state index contributed by atoms with van der Waals surface area (Å²) in [6.07, 6.45) is -0.306. The minimum absolute atomic E-state index is 0.0764. The van der Waals surface area contributed by atoms with E-state index in [2.05, 4.69) is 33.1 Å². The molecule has 1 aliphatic heterocycles. The molecule has 3 amide bonds. The Hall–Kier alpha value is -5.89. The first kappa shape index (κ1) is 36.0. The molecule has 14 heteroatoms. The van der Waals surface area contributed by atoms with Crippen molar-refractivity contribution in [2.45, 2.75) is 78.5 Å². The summed E-state index contributed by atoms with van der Waals surface area (Å²) < 4.78 is 11.6. The van der Waals surface area contributed by atoms with E-state index < -0.39 is 29.7 Å². The Labute approximate surface area is 285 Å². The zero-order chi connectivity index (χ0) is 35.7. The summed E-state index contributed by atoms with van der Waals surface area (Å²) in [5.74, 6) is 0.584. The van der Waals surface area contributed by atoms with Gasteiger partial charge in [0.05, 0.1) is 41.1 Å². The number of carboxylic acid groups (broad SMARTS) is 1. The second kappa shape index (κ2) is 15.8. The van der Waals surface area contributed by atoms with Crippen molar-refractivity contribution in [3.63, 3.8) is 0 Å². The summed E-state index contributed by atoms with van der Waals surface area (Å²) in [5.41, 5.74) is 3.71. The van der Waals surface area contributed by atoms with Crippen LogP contribution in [-0.2, 0) is 22.5 Å². The smallest absolute Gasteiger partial charge is 0.407 e. The van der Waals surface area contributed by atoms with Gasteiger partial charge >= 0.3 is 12.2 Å². The van der Waals surface area contributed by atoms with Crippen molar-refractivity contribution in [1.29, 1.82) is 10.5 Å². The summed E-state index contributed by atoms with van der Waals surface area (Å²) in [6.45, 7) is 9.62. The quantitative estimate of drug-likeness (QED) is 0.186. The number of benzene rings is 2. The molecule has 256 valence electrons. The fourth-order valence-corrected chi connectivity index (χ4v) is 5.35. The van der Waals surface area contributed by atoms with Crippen LogP contribution in [0.5, 0.6) is 11.6 Å². The maximum absolute atomic E-state index is 13.7. The fourth-order valence-electron chi connectivity index (χ4n) is 5.35. The first-order valence-electron chi connectivity index (χ1n) is 15.9. The Kier molecular flexibility index (Phi) is 11.6. The minimum atomic E-state index is -1.32.